The summed E-state index contributed by atoms with van der Waals surface area (Å²) in [6.45, 7) is 8.04. The summed E-state index contributed by atoms with van der Waals surface area (Å²) in [5, 5.41) is 14.3. The van der Waals surface area contributed by atoms with Crippen molar-refractivity contribution < 1.29 is 19.3 Å². The number of nitrogens with zero attached hydrogens (tertiary/aromatic N) is 1. The Morgan fingerprint density at radius 1 is 1.12 bits per heavy atom. The summed E-state index contributed by atoms with van der Waals surface area (Å²) >= 11 is 1.73. The highest BCUT2D eigenvalue weighted by atomic mass is 32.1. The number of rotatable bonds is 5. The smallest absolute Gasteiger partial charge is 0.203 e. The van der Waals surface area contributed by atoms with Gasteiger partial charge >= 0.3 is 0 Å². The van der Waals surface area contributed by atoms with Crippen LogP contribution in [0.5, 0.6) is 17.2 Å². The molecule has 0 radical (unpaired) electrons. The zero-order chi connectivity index (χ0) is 23.4. The molecule has 1 aromatic heterocycles. The Labute approximate surface area is 200 Å². The molecule has 6 heteroatoms. The highest BCUT2D eigenvalue weighted by molar-refractivity contribution is 7.17. The van der Waals surface area contributed by atoms with Gasteiger partial charge in [-0.05, 0) is 76.0 Å². The van der Waals surface area contributed by atoms with Crippen molar-refractivity contribution in [1.29, 1.82) is 0 Å². The van der Waals surface area contributed by atoms with Gasteiger partial charge < -0.3 is 24.2 Å². The fraction of sp³-hybridized carbons (Fsp3) is 0.481. The van der Waals surface area contributed by atoms with Gasteiger partial charge in [0.25, 0.3) is 0 Å². The van der Waals surface area contributed by atoms with E-state index < -0.39 is 5.60 Å². The molecule has 2 aromatic carbocycles. The monoisotopic (exact) mass is 469 g/mol. The molecule has 1 saturated heterocycles. The lowest BCUT2D eigenvalue weighted by Gasteiger charge is -2.31. The molecule has 3 atom stereocenters. The summed E-state index contributed by atoms with van der Waals surface area (Å²) in [5.74, 6) is 2.27. The van der Waals surface area contributed by atoms with Crippen LogP contribution in [0.2, 0.25) is 0 Å². The van der Waals surface area contributed by atoms with Crippen LogP contribution < -0.4 is 14.2 Å². The molecule has 5 rings (SSSR count). The maximum atomic E-state index is 11.0. The number of benzene rings is 2. The second-order valence-corrected chi connectivity index (χ2v) is 9.99. The van der Waals surface area contributed by atoms with Gasteiger partial charge in [-0.1, -0.05) is 24.3 Å². The van der Waals surface area contributed by atoms with Crippen molar-refractivity contribution in [3.05, 3.63) is 53.4 Å². The summed E-state index contributed by atoms with van der Waals surface area (Å²) < 4.78 is 17.5. The van der Waals surface area contributed by atoms with Gasteiger partial charge in [0.15, 0.2) is 11.5 Å². The number of para-hydroxylation sites is 1. The SMILES string of the molecule is CC1CCC(CC(C)(O)c2csc3ccccc23)N1C.CCOc1cccc2c1OCCO2. The molecule has 0 aliphatic carbocycles. The molecule has 3 heterocycles. The minimum Gasteiger partial charge on any atom is -0.490 e. The standard InChI is InChI=1S/C17H23NOS.C10H12O3/c1-12-8-9-13(18(12)3)10-17(2,19)15-11-20-16-7-5-4-6-14(15)16;1-2-11-8-4-3-5-9-10(8)13-7-6-12-9/h4-7,11-13,19H,8-10H2,1-3H3;3-5H,2,6-7H2,1H3. The van der Waals surface area contributed by atoms with Gasteiger partial charge in [0.05, 0.1) is 12.2 Å². The van der Waals surface area contributed by atoms with E-state index in [2.05, 4.69) is 48.5 Å². The predicted octanol–water partition coefficient (Wildman–Crippen LogP) is 5.84. The topological polar surface area (TPSA) is 51.2 Å². The minimum atomic E-state index is -0.747. The molecule has 2 aliphatic heterocycles. The largest absolute Gasteiger partial charge is 0.490 e. The van der Waals surface area contributed by atoms with Crippen LogP contribution in [0.3, 0.4) is 0 Å². The van der Waals surface area contributed by atoms with E-state index in [1.165, 1.54) is 22.9 Å². The van der Waals surface area contributed by atoms with Crippen LogP contribution in [0, 0.1) is 0 Å². The maximum Gasteiger partial charge on any atom is 0.203 e. The number of thiophene rings is 1. The Hall–Kier alpha value is -2.28. The summed E-state index contributed by atoms with van der Waals surface area (Å²) in [6.07, 6.45) is 3.24. The summed E-state index contributed by atoms with van der Waals surface area (Å²) in [6, 6.07) is 15.2. The van der Waals surface area contributed by atoms with Crippen LogP contribution in [-0.4, -0.2) is 49.0 Å². The Kier molecular flexibility index (Phi) is 7.47. The van der Waals surface area contributed by atoms with Crippen molar-refractivity contribution in [2.24, 2.45) is 0 Å². The molecule has 0 saturated carbocycles. The average molecular weight is 470 g/mol. The summed E-state index contributed by atoms with van der Waals surface area (Å²) in [7, 11) is 2.18. The van der Waals surface area contributed by atoms with Crippen LogP contribution in [0.4, 0.5) is 0 Å². The van der Waals surface area contributed by atoms with Gasteiger partial charge in [-0.3, -0.25) is 0 Å². The first-order valence-electron chi connectivity index (χ1n) is 11.8. The third-order valence-corrected chi connectivity index (χ3v) is 7.68. The normalized spacial score (nSPS) is 21.8. The number of fused-ring (bicyclic) bond motifs is 2. The van der Waals surface area contributed by atoms with Gasteiger partial charge in [-0.15, -0.1) is 11.3 Å². The van der Waals surface area contributed by atoms with Gasteiger partial charge in [0.1, 0.15) is 13.2 Å². The molecule has 33 heavy (non-hydrogen) atoms. The number of ether oxygens (including phenoxy) is 3. The van der Waals surface area contributed by atoms with E-state index in [-0.39, 0.29) is 0 Å². The van der Waals surface area contributed by atoms with E-state index in [9.17, 15) is 5.11 Å². The van der Waals surface area contributed by atoms with Crippen molar-refractivity contribution in [2.45, 2.75) is 57.7 Å². The van der Waals surface area contributed by atoms with Crippen molar-refractivity contribution in [3.8, 4) is 17.2 Å². The molecule has 0 amide bonds. The number of hydrogen-bond donors (Lipinski definition) is 1. The first-order chi connectivity index (χ1) is 15.9. The molecule has 0 bridgehead atoms. The molecule has 1 N–H and O–H groups in total. The van der Waals surface area contributed by atoms with E-state index >= 15 is 0 Å². The van der Waals surface area contributed by atoms with Gasteiger partial charge in [0, 0.05) is 22.3 Å². The fourth-order valence-electron chi connectivity index (χ4n) is 4.73. The van der Waals surface area contributed by atoms with Crippen molar-refractivity contribution in [1.82, 2.24) is 4.90 Å². The number of likely N-dealkylation sites (tertiary alicyclic amines) is 1. The van der Waals surface area contributed by atoms with Crippen LogP contribution in [0.25, 0.3) is 10.1 Å². The summed E-state index contributed by atoms with van der Waals surface area (Å²) in [4.78, 5) is 2.42. The Bertz CT molecular complexity index is 1060. The van der Waals surface area contributed by atoms with Crippen molar-refractivity contribution in [3.63, 3.8) is 0 Å². The molecule has 5 nitrogen and oxygen atoms in total. The molecular formula is C27H35NO4S. The van der Waals surface area contributed by atoms with E-state index in [4.69, 9.17) is 14.2 Å². The third-order valence-electron chi connectivity index (χ3n) is 6.71. The summed E-state index contributed by atoms with van der Waals surface area (Å²) in [5.41, 5.74) is 0.342. The van der Waals surface area contributed by atoms with Crippen molar-refractivity contribution >= 4 is 21.4 Å². The van der Waals surface area contributed by atoms with E-state index in [0.717, 1.165) is 29.2 Å². The van der Waals surface area contributed by atoms with E-state index in [1.54, 1.807) is 11.3 Å². The zero-order valence-electron chi connectivity index (χ0n) is 20.0. The molecular weight excluding hydrogens is 434 g/mol. The Morgan fingerprint density at radius 3 is 2.67 bits per heavy atom. The van der Waals surface area contributed by atoms with Gasteiger partial charge in [-0.25, -0.2) is 0 Å². The molecule has 3 aromatic rings. The highest BCUT2D eigenvalue weighted by Crippen LogP contribution is 2.40. The Morgan fingerprint density at radius 2 is 1.91 bits per heavy atom. The van der Waals surface area contributed by atoms with Crippen LogP contribution in [-0.2, 0) is 5.60 Å². The predicted molar refractivity (Wildman–Crippen MR) is 135 cm³/mol. The average Bonchev–Trinajstić information content (AvgIpc) is 3.39. The van der Waals surface area contributed by atoms with E-state index in [1.807, 2.05) is 32.0 Å². The molecule has 178 valence electrons. The van der Waals surface area contributed by atoms with E-state index in [0.29, 0.717) is 31.9 Å². The first kappa shape index (κ1) is 23.9. The highest BCUT2D eigenvalue weighted by Gasteiger charge is 2.35. The lowest BCUT2D eigenvalue weighted by Crippen LogP contribution is -2.36. The second-order valence-electron chi connectivity index (χ2n) is 9.08. The second kappa shape index (κ2) is 10.3. The van der Waals surface area contributed by atoms with Crippen LogP contribution in [0.15, 0.2) is 47.8 Å². The third kappa shape index (κ3) is 5.29. The molecule has 1 fully saturated rings. The van der Waals surface area contributed by atoms with Gasteiger partial charge in [0.2, 0.25) is 5.75 Å². The van der Waals surface area contributed by atoms with Gasteiger partial charge in [-0.2, -0.15) is 0 Å². The number of hydrogen-bond acceptors (Lipinski definition) is 6. The quantitative estimate of drug-likeness (QED) is 0.509. The van der Waals surface area contributed by atoms with Crippen LogP contribution in [0.1, 0.15) is 45.6 Å². The lowest BCUT2D eigenvalue weighted by atomic mass is 9.88. The fourth-order valence-corrected chi connectivity index (χ4v) is 5.81. The van der Waals surface area contributed by atoms with Crippen LogP contribution >= 0.6 is 11.3 Å². The zero-order valence-corrected chi connectivity index (χ0v) is 20.9. The molecule has 3 unspecified atom stereocenters. The maximum absolute atomic E-state index is 11.0. The lowest BCUT2D eigenvalue weighted by molar-refractivity contribution is 0.0241. The Balaban J connectivity index is 0.000000172. The number of aliphatic hydroxyl groups is 1. The molecule has 2 aliphatic rings. The minimum absolute atomic E-state index is 0.485. The molecule has 0 spiro atoms. The van der Waals surface area contributed by atoms with Crippen molar-refractivity contribution in [2.75, 3.05) is 26.9 Å². The first-order valence-corrected chi connectivity index (χ1v) is 12.7.